The molecule has 0 saturated heterocycles. The van der Waals surface area contributed by atoms with Gasteiger partial charge in [0.15, 0.2) is 0 Å². The zero-order chi connectivity index (χ0) is 12.1. The van der Waals surface area contributed by atoms with Gasteiger partial charge in [-0.05, 0) is 41.8 Å². The van der Waals surface area contributed by atoms with E-state index in [0.29, 0.717) is 0 Å². The Bertz CT molecular complexity index is 477. The Balaban J connectivity index is 1.99. The van der Waals surface area contributed by atoms with Gasteiger partial charge in [-0.1, -0.05) is 47.1 Å². The van der Waals surface area contributed by atoms with Crippen LogP contribution in [0.25, 0.3) is 0 Å². The molecule has 17 heavy (non-hydrogen) atoms. The first-order valence-corrected chi connectivity index (χ1v) is 6.64. The number of benzene rings is 2. The molecule has 0 aromatic heterocycles. The standard InChI is InChI=1S/C15H16BrN/c1-2-12-4-3-5-15(10-12)17-11-13-6-8-14(16)9-7-13/h3-10,17H,2,11H2,1H3. The van der Waals surface area contributed by atoms with Gasteiger partial charge < -0.3 is 5.32 Å². The molecule has 0 spiro atoms. The molecule has 0 atom stereocenters. The first-order valence-electron chi connectivity index (χ1n) is 5.85. The molecule has 0 unspecified atom stereocenters. The van der Waals surface area contributed by atoms with Crippen LogP contribution in [0.15, 0.2) is 53.0 Å². The number of rotatable bonds is 4. The lowest BCUT2D eigenvalue weighted by Crippen LogP contribution is -1.99. The lowest BCUT2D eigenvalue weighted by atomic mass is 10.1. The van der Waals surface area contributed by atoms with E-state index in [4.69, 9.17) is 0 Å². The maximum Gasteiger partial charge on any atom is 0.0400 e. The fourth-order valence-corrected chi connectivity index (χ4v) is 1.97. The molecule has 2 heteroatoms. The van der Waals surface area contributed by atoms with Gasteiger partial charge >= 0.3 is 0 Å². The summed E-state index contributed by atoms with van der Waals surface area (Å²) in [5.41, 5.74) is 3.84. The summed E-state index contributed by atoms with van der Waals surface area (Å²) in [4.78, 5) is 0. The summed E-state index contributed by atoms with van der Waals surface area (Å²) in [6, 6.07) is 17.0. The second kappa shape index (κ2) is 5.87. The van der Waals surface area contributed by atoms with E-state index in [1.807, 2.05) is 0 Å². The van der Waals surface area contributed by atoms with Crippen molar-refractivity contribution in [2.45, 2.75) is 19.9 Å². The summed E-state index contributed by atoms with van der Waals surface area (Å²) in [7, 11) is 0. The number of halogens is 1. The summed E-state index contributed by atoms with van der Waals surface area (Å²) in [5.74, 6) is 0. The highest BCUT2D eigenvalue weighted by atomic mass is 79.9. The van der Waals surface area contributed by atoms with Gasteiger partial charge in [0.25, 0.3) is 0 Å². The quantitative estimate of drug-likeness (QED) is 0.866. The molecule has 0 bridgehead atoms. The van der Waals surface area contributed by atoms with E-state index >= 15 is 0 Å². The van der Waals surface area contributed by atoms with Gasteiger partial charge in [-0.25, -0.2) is 0 Å². The van der Waals surface area contributed by atoms with Crippen LogP contribution in [0.3, 0.4) is 0 Å². The summed E-state index contributed by atoms with van der Waals surface area (Å²) in [6.45, 7) is 3.04. The third-order valence-electron chi connectivity index (χ3n) is 2.75. The molecule has 0 aliphatic carbocycles. The van der Waals surface area contributed by atoms with Gasteiger partial charge in [-0.2, -0.15) is 0 Å². The average molecular weight is 290 g/mol. The topological polar surface area (TPSA) is 12.0 Å². The predicted octanol–water partition coefficient (Wildman–Crippen LogP) is 4.62. The number of nitrogens with one attached hydrogen (secondary N) is 1. The number of hydrogen-bond donors (Lipinski definition) is 1. The molecule has 1 N–H and O–H groups in total. The van der Waals surface area contributed by atoms with Crippen LogP contribution in [0.5, 0.6) is 0 Å². The maximum atomic E-state index is 3.44. The minimum atomic E-state index is 0.862. The fourth-order valence-electron chi connectivity index (χ4n) is 1.71. The largest absolute Gasteiger partial charge is 0.381 e. The van der Waals surface area contributed by atoms with Crippen molar-refractivity contribution in [2.24, 2.45) is 0 Å². The zero-order valence-corrected chi connectivity index (χ0v) is 11.5. The van der Waals surface area contributed by atoms with E-state index in [9.17, 15) is 0 Å². The van der Waals surface area contributed by atoms with E-state index in [0.717, 1.165) is 17.4 Å². The molecule has 0 aliphatic heterocycles. The molecule has 2 aromatic carbocycles. The Labute approximate surface area is 111 Å². The van der Waals surface area contributed by atoms with Crippen LogP contribution >= 0.6 is 15.9 Å². The van der Waals surface area contributed by atoms with Gasteiger partial charge in [-0.15, -0.1) is 0 Å². The molecule has 0 saturated carbocycles. The van der Waals surface area contributed by atoms with Gasteiger partial charge in [0.1, 0.15) is 0 Å². The van der Waals surface area contributed by atoms with E-state index in [2.05, 4.69) is 76.7 Å². The van der Waals surface area contributed by atoms with Crippen LogP contribution in [0.1, 0.15) is 18.1 Å². The molecular formula is C15H16BrN. The van der Waals surface area contributed by atoms with Gasteiger partial charge in [0.05, 0.1) is 0 Å². The highest BCUT2D eigenvalue weighted by molar-refractivity contribution is 9.10. The lowest BCUT2D eigenvalue weighted by Gasteiger charge is -2.08. The van der Waals surface area contributed by atoms with E-state index < -0.39 is 0 Å². The summed E-state index contributed by atoms with van der Waals surface area (Å²) in [6.07, 6.45) is 1.08. The van der Waals surface area contributed by atoms with E-state index in [1.165, 1.54) is 16.8 Å². The third-order valence-corrected chi connectivity index (χ3v) is 3.27. The molecule has 2 rings (SSSR count). The molecule has 0 aliphatic rings. The van der Waals surface area contributed by atoms with Crippen molar-refractivity contribution >= 4 is 21.6 Å². The zero-order valence-electron chi connectivity index (χ0n) is 9.91. The van der Waals surface area contributed by atoms with Crippen molar-refractivity contribution < 1.29 is 0 Å². The van der Waals surface area contributed by atoms with Crippen molar-refractivity contribution in [3.05, 3.63) is 64.1 Å². The monoisotopic (exact) mass is 289 g/mol. The van der Waals surface area contributed by atoms with Gasteiger partial charge in [0.2, 0.25) is 0 Å². The Morgan fingerprint density at radius 3 is 2.47 bits per heavy atom. The van der Waals surface area contributed by atoms with Crippen LogP contribution in [-0.2, 0) is 13.0 Å². The van der Waals surface area contributed by atoms with Crippen LogP contribution in [-0.4, -0.2) is 0 Å². The molecular weight excluding hydrogens is 274 g/mol. The van der Waals surface area contributed by atoms with Crippen LogP contribution in [0.4, 0.5) is 5.69 Å². The Morgan fingerprint density at radius 1 is 1.00 bits per heavy atom. The van der Waals surface area contributed by atoms with Crippen LogP contribution < -0.4 is 5.32 Å². The van der Waals surface area contributed by atoms with Crippen molar-refractivity contribution in [3.63, 3.8) is 0 Å². The summed E-state index contributed by atoms with van der Waals surface area (Å²) in [5, 5.41) is 3.44. The molecule has 2 aromatic rings. The van der Waals surface area contributed by atoms with Crippen molar-refractivity contribution in [1.29, 1.82) is 0 Å². The molecule has 1 nitrogen and oxygen atoms in total. The first kappa shape index (κ1) is 12.2. The van der Waals surface area contributed by atoms with Crippen molar-refractivity contribution in [2.75, 3.05) is 5.32 Å². The number of aryl methyl sites for hydroxylation is 1. The highest BCUT2D eigenvalue weighted by Gasteiger charge is 1.95. The highest BCUT2D eigenvalue weighted by Crippen LogP contribution is 2.14. The minimum Gasteiger partial charge on any atom is -0.381 e. The summed E-state index contributed by atoms with van der Waals surface area (Å²) >= 11 is 3.44. The van der Waals surface area contributed by atoms with Gasteiger partial charge in [0, 0.05) is 16.7 Å². The fraction of sp³-hybridized carbons (Fsp3) is 0.200. The Hall–Kier alpha value is -1.28. The Morgan fingerprint density at radius 2 is 1.76 bits per heavy atom. The maximum absolute atomic E-state index is 3.44. The molecule has 88 valence electrons. The second-order valence-corrected chi connectivity index (χ2v) is 4.95. The van der Waals surface area contributed by atoms with Crippen molar-refractivity contribution in [1.82, 2.24) is 0 Å². The number of anilines is 1. The van der Waals surface area contributed by atoms with E-state index in [1.54, 1.807) is 0 Å². The Kier molecular flexibility index (Phi) is 4.21. The minimum absolute atomic E-state index is 0.862. The second-order valence-electron chi connectivity index (χ2n) is 4.03. The van der Waals surface area contributed by atoms with Crippen LogP contribution in [0.2, 0.25) is 0 Å². The molecule has 0 fully saturated rings. The lowest BCUT2D eigenvalue weighted by molar-refractivity contribution is 1.12. The number of hydrogen-bond acceptors (Lipinski definition) is 1. The molecule has 0 heterocycles. The smallest absolute Gasteiger partial charge is 0.0400 e. The van der Waals surface area contributed by atoms with Gasteiger partial charge in [-0.3, -0.25) is 0 Å². The molecule has 0 amide bonds. The molecule has 0 radical (unpaired) electrons. The summed E-state index contributed by atoms with van der Waals surface area (Å²) < 4.78 is 1.12. The average Bonchev–Trinajstić information content (AvgIpc) is 2.38. The van der Waals surface area contributed by atoms with E-state index in [-0.39, 0.29) is 0 Å². The SMILES string of the molecule is CCc1cccc(NCc2ccc(Br)cc2)c1. The first-order chi connectivity index (χ1) is 8.28. The third kappa shape index (κ3) is 3.60. The predicted molar refractivity (Wildman–Crippen MR) is 77.3 cm³/mol. The normalized spacial score (nSPS) is 10.2. The van der Waals surface area contributed by atoms with Crippen LogP contribution in [0, 0.1) is 0 Å². The van der Waals surface area contributed by atoms with Crippen molar-refractivity contribution in [3.8, 4) is 0 Å².